The van der Waals surface area contributed by atoms with Crippen molar-refractivity contribution in [2.45, 2.75) is 19.0 Å². The highest BCUT2D eigenvalue weighted by molar-refractivity contribution is 6.39. The van der Waals surface area contributed by atoms with Gasteiger partial charge in [-0.1, -0.05) is 36.4 Å². The summed E-state index contributed by atoms with van der Waals surface area (Å²) in [5.74, 6) is -0.208. The van der Waals surface area contributed by atoms with Crippen molar-refractivity contribution >= 4 is 17.5 Å². The molecule has 31 heavy (non-hydrogen) atoms. The Bertz CT molecular complexity index is 1050. The van der Waals surface area contributed by atoms with Crippen LogP contribution in [-0.4, -0.2) is 36.9 Å². The zero-order chi connectivity index (χ0) is 21.6. The molecule has 2 amide bonds. The molecule has 1 aliphatic heterocycles. The smallest absolute Gasteiger partial charge is 0.313 e. The van der Waals surface area contributed by atoms with E-state index in [9.17, 15) is 9.59 Å². The molecule has 0 unspecified atom stereocenters. The molecule has 0 aliphatic carbocycles. The monoisotopic (exact) mass is 419 g/mol. The number of carbonyl (C=O) groups is 2. The summed E-state index contributed by atoms with van der Waals surface area (Å²) < 4.78 is 10.9. The van der Waals surface area contributed by atoms with Crippen LogP contribution in [0.2, 0.25) is 0 Å². The van der Waals surface area contributed by atoms with Crippen molar-refractivity contribution in [2.75, 3.05) is 25.5 Å². The van der Waals surface area contributed by atoms with E-state index >= 15 is 0 Å². The van der Waals surface area contributed by atoms with Gasteiger partial charge in [0.1, 0.15) is 11.5 Å². The standard InChI is InChI=1S/C24H25N3O4/c1-30-21-10-5-4-9-19(21)26-24(29)23(28)25-15-20(22-11-6-14-31-22)27-13-12-17-7-2-3-8-18(17)16-27/h2-11,14,20H,12-13,15-16H2,1H3,(H,25,28)(H,26,29)/t20-/m1/s1. The normalized spacial score (nSPS) is 14.4. The lowest BCUT2D eigenvalue weighted by Gasteiger charge is -2.34. The first-order chi connectivity index (χ1) is 15.2. The van der Waals surface area contributed by atoms with Crippen LogP contribution in [0.15, 0.2) is 71.3 Å². The molecule has 0 bridgehead atoms. The van der Waals surface area contributed by atoms with E-state index in [0.29, 0.717) is 11.4 Å². The van der Waals surface area contributed by atoms with Gasteiger partial charge in [-0.05, 0) is 41.8 Å². The molecule has 1 atom stereocenters. The molecule has 160 valence electrons. The van der Waals surface area contributed by atoms with E-state index in [0.717, 1.165) is 25.3 Å². The fourth-order valence-corrected chi connectivity index (χ4v) is 3.87. The summed E-state index contributed by atoms with van der Waals surface area (Å²) in [6, 6.07) is 18.9. The van der Waals surface area contributed by atoms with Gasteiger partial charge in [0, 0.05) is 19.6 Å². The highest BCUT2D eigenvalue weighted by Gasteiger charge is 2.28. The van der Waals surface area contributed by atoms with Gasteiger partial charge in [0.05, 0.1) is 25.1 Å². The van der Waals surface area contributed by atoms with Crippen molar-refractivity contribution in [1.82, 2.24) is 10.2 Å². The van der Waals surface area contributed by atoms with Crippen molar-refractivity contribution in [3.05, 3.63) is 83.8 Å². The Morgan fingerprint density at radius 2 is 1.81 bits per heavy atom. The van der Waals surface area contributed by atoms with Gasteiger partial charge in [-0.2, -0.15) is 0 Å². The third-order valence-electron chi connectivity index (χ3n) is 5.49. The first kappa shape index (κ1) is 20.7. The summed E-state index contributed by atoms with van der Waals surface area (Å²) in [7, 11) is 1.51. The first-order valence-corrected chi connectivity index (χ1v) is 10.2. The summed E-state index contributed by atoms with van der Waals surface area (Å²) >= 11 is 0. The molecule has 1 aliphatic rings. The zero-order valence-corrected chi connectivity index (χ0v) is 17.3. The number of hydrogen-bond acceptors (Lipinski definition) is 5. The van der Waals surface area contributed by atoms with Crippen LogP contribution in [0.3, 0.4) is 0 Å². The number of nitrogens with zero attached hydrogens (tertiary/aromatic N) is 1. The van der Waals surface area contributed by atoms with E-state index in [4.69, 9.17) is 9.15 Å². The lowest BCUT2D eigenvalue weighted by Crippen LogP contribution is -2.43. The van der Waals surface area contributed by atoms with Crippen LogP contribution in [0, 0.1) is 0 Å². The topological polar surface area (TPSA) is 83.8 Å². The van der Waals surface area contributed by atoms with Crippen LogP contribution < -0.4 is 15.4 Å². The lowest BCUT2D eigenvalue weighted by molar-refractivity contribution is -0.136. The van der Waals surface area contributed by atoms with E-state index in [-0.39, 0.29) is 12.6 Å². The minimum absolute atomic E-state index is 0.175. The number of carbonyl (C=O) groups excluding carboxylic acids is 2. The molecule has 0 fully saturated rings. The van der Waals surface area contributed by atoms with Gasteiger partial charge < -0.3 is 19.8 Å². The molecule has 2 N–H and O–H groups in total. The maximum Gasteiger partial charge on any atom is 0.313 e. The molecule has 0 spiro atoms. The molecule has 2 heterocycles. The molecule has 0 saturated heterocycles. The number of methoxy groups -OCH3 is 1. The number of benzene rings is 2. The van der Waals surface area contributed by atoms with Crippen LogP contribution >= 0.6 is 0 Å². The number of hydrogen-bond donors (Lipinski definition) is 2. The number of anilines is 1. The van der Waals surface area contributed by atoms with Gasteiger partial charge >= 0.3 is 11.8 Å². The summed E-state index contributed by atoms with van der Waals surface area (Å²) in [5.41, 5.74) is 3.06. The Hall–Kier alpha value is -3.58. The molecule has 2 aromatic carbocycles. The third-order valence-corrected chi connectivity index (χ3v) is 5.49. The van der Waals surface area contributed by atoms with Gasteiger partial charge in [-0.3, -0.25) is 14.5 Å². The predicted molar refractivity (Wildman–Crippen MR) is 117 cm³/mol. The molecule has 1 aromatic heterocycles. The van der Waals surface area contributed by atoms with E-state index in [2.05, 4.69) is 33.7 Å². The van der Waals surface area contributed by atoms with Gasteiger partial charge in [-0.25, -0.2) is 0 Å². The SMILES string of the molecule is COc1ccccc1NC(=O)C(=O)NC[C@H](c1ccco1)N1CCc2ccccc2C1. The number of fused-ring (bicyclic) bond motifs is 1. The number of ether oxygens (including phenoxy) is 1. The van der Waals surface area contributed by atoms with E-state index in [1.807, 2.05) is 18.2 Å². The molecular formula is C24H25N3O4. The molecule has 0 radical (unpaired) electrons. The minimum Gasteiger partial charge on any atom is -0.495 e. The molecule has 7 heteroatoms. The number of furan rings is 1. The van der Waals surface area contributed by atoms with Crippen molar-refractivity contribution in [2.24, 2.45) is 0 Å². The predicted octanol–water partition coefficient (Wildman–Crippen LogP) is 3.14. The summed E-state index contributed by atoms with van der Waals surface area (Å²) in [5, 5.41) is 5.36. The number of rotatable bonds is 6. The second-order valence-corrected chi connectivity index (χ2v) is 7.38. The Kier molecular flexibility index (Phi) is 6.33. The first-order valence-electron chi connectivity index (χ1n) is 10.2. The third kappa shape index (κ3) is 4.78. The molecular weight excluding hydrogens is 394 g/mol. The Balaban J connectivity index is 1.42. The highest BCUT2D eigenvalue weighted by atomic mass is 16.5. The van der Waals surface area contributed by atoms with Crippen LogP contribution in [-0.2, 0) is 22.6 Å². The number of nitrogens with one attached hydrogen (secondary N) is 2. The number of amides is 2. The fraction of sp³-hybridized carbons (Fsp3) is 0.250. The average molecular weight is 419 g/mol. The van der Waals surface area contributed by atoms with Gasteiger partial charge in [-0.15, -0.1) is 0 Å². The Morgan fingerprint density at radius 3 is 2.58 bits per heavy atom. The summed E-state index contributed by atoms with van der Waals surface area (Å²) in [6.45, 7) is 1.85. The minimum atomic E-state index is -0.744. The van der Waals surface area contributed by atoms with Gasteiger partial charge in [0.25, 0.3) is 0 Å². The Labute approximate surface area is 181 Å². The zero-order valence-electron chi connectivity index (χ0n) is 17.3. The van der Waals surface area contributed by atoms with Gasteiger partial charge in [0.2, 0.25) is 0 Å². The average Bonchev–Trinajstić information content (AvgIpc) is 3.34. The molecule has 0 saturated carbocycles. The van der Waals surface area contributed by atoms with E-state index < -0.39 is 11.8 Å². The molecule has 4 rings (SSSR count). The van der Waals surface area contributed by atoms with Crippen molar-refractivity contribution < 1.29 is 18.7 Å². The maximum absolute atomic E-state index is 12.5. The summed E-state index contributed by atoms with van der Waals surface area (Å²) in [6.07, 6.45) is 2.55. The lowest BCUT2D eigenvalue weighted by atomic mass is 9.98. The molecule has 7 nitrogen and oxygen atoms in total. The van der Waals surface area contributed by atoms with E-state index in [1.54, 1.807) is 30.5 Å². The molecule has 3 aromatic rings. The second kappa shape index (κ2) is 9.49. The highest BCUT2D eigenvalue weighted by Crippen LogP contribution is 2.28. The van der Waals surface area contributed by atoms with Crippen molar-refractivity contribution in [3.63, 3.8) is 0 Å². The largest absolute Gasteiger partial charge is 0.495 e. The van der Waals surface area contributed by atoms with Crippen LogP contribution in [0.1, 0.15) is 22.9 Å². The van der Waals surface area contributed by atoms with Crippen molar-refractivity contribution in [1.29, 1.82) is 0 Å². The fourth-order valence-electron chi connectivity index (χ4n) is 3.87. The summed E-state index contributed by atoms with van der Waals surface area (Å²) in [4.78, 5) is 27.2. The van der Waals surface area contributed by atoms with Gasteiger partial charge in [0.15, 0.2) is 0 Å². The number of para-hydroxylation sites is 2. The maximum atomic E-state index is 12.5. The van der Waals surface area contributed by atoms with E-state index in [1.165, 1.54) is 18.2 Å². The van der Waals surface area contributed by atoms with Crippen molar-refractivity contribution in [3.8, 4) is 5.75 Å². The van der Waals surface area contributed by atoms with Crippen LogP contribution in [0.5, 0.6) is 5.75 Å². The van der Waals surface area contributed by atoms with Crippen LogP contribution in [0.25, 0.3) is 0 Å². The quantitative estimate of drug-likeness (QED) is 0.600. The Morgan fingerprint density at radius 1 is 1.03 bits per heavy atom. The van der Waals surface area contributed by atoms with Crippen LogP contribution in [0.4, 0.5) is 5.69 Å². The second-order valence-electron chi connectivity index (χ2n) is 7.38.